The number of rotatable bonds is 6. The number of unbranched alkanes of at least 4 members (excludes halogenated alkanes) is 2. The number of hydrogen-bond acceptors (Lipinski definition) is 5. The standard InChI is InChI=1S/C17H21NO4/c1-4-5-6-7-15(19)21-14-9-8-12-10-13(18-3)17(20)22-16(12)11(14)2/h8-10,18H,4-7H2,1-3H3. The molecule has 1 heterocycles. The Kier molecular flexibility index (Phi) is 5.20. The SMILES string of the molecule is CCCCCC(=O)Oc1ccc2cc(NC)c(=O)oc2c1C. The highest BCUT2D eigenvalue weighted by Gasteiger charge is 2.13. The lowest BCUT2D eigenvalue weighted by Crippen LogP contribution is -2.09. The van der Waals surface area contributed by atoms with Crippen LogP contribution >= 0.6 is 0 Å². The minimum absolute atomic E-state index is 0.259. The summed E-state index contributed by atoms with van der Waals surface area (Å²) < 4.78 is 10.7. The summed E-state index contributed by atoms with van der Waals surface area (Å²) in [6.07, 6.45) is 3.28. The lowest BCUT2D eigenvalue weighted by Gasteiger charge is -2.09. The maximum atomic E-state index is 11.8. The van der Waals surface area contributed by atoms with Gasteiger partial charge in [0.15, 0.2) is 0 Å². The van der Waals surface area contributed by atoms with E-state index in [9.17, 15) is 9.59 Å². The molecule has 0 atom stereocenters. The molecular weight excluding hydrogens is 282 g/mol. The van der Waals surface area contributed by atoms with E-state index < -0.39 is 5.63 Å². The fourth-order valence-electron chi connectivity index (χ4n) is 2.28. The van der Waals surface area contributed by atoms with Gasteiger partial charge >= 0.3 is 11.6 Å². The third kappa shape index (κ3) is 3.47. The molecule has 5 nitrogen and oxygen atoms in total. The molecule has 0 saturated heterocycles. The monoisotopic (exact) mass is 303 g/mol. The highest BCUT2D eigenvalue weighted by Crippen LogP contribution is 2.28. The molecule has 0 unspecified atom stereocenters. The molecule has 22 heavy (non-hydrogen) atoms. The van der Waals surface area contributed by atoms with E-state index in [0.29, 0.717) is 29.0 Å². The number of ether oxygens (including phenoxy) is 1. The molecule has 0 amide bonds. The van der Waals surface area contributed by atoms with Gasteiger partial charge in [0.2, 0.25) is 0 Å². The van der Waals surface area contributed by atoms with Gasteiger partial charge in [0, 0.05) is 24.4 Å². The van der Waals surface area contributed by atoms with Gasteiger partial charge in [-0.1, -0.05) is 19.8 Å². The van der Waals surface area contributed by atoms with Crippen LogP contribution in [0.3, 0.4) is 0 Å². The molecule has 0 saturated carbocycles. The van der Waals surface area contributed by atoms with Crippen molar-refractivity contribution in [2.45, 2.75) is 39.5 Å². The molecule has 5 heteroatoms. The number of nitrogens with one attached hydrogen (secondary N) is 1. The van der Waals surface area contributed by atoms with E-state index in [1.54, 1.807) is 32.2 Å². The third-order valence-corrected chi connectivity index (χ3v) is 3.58. The van der Waals surface area contributed by atoms with Crippen molar-refractivity contribution in [3.05, 3.63) is 34.2 Å². The average Bonchev–Trinajstić information content (AvgIpc) is 2.50. The highest BCUT2D eigenvalue weighted by molar-refractivity contribution is 5.85. The number of anilines is 1. The maximum Gasteiger partial charge on any atom is 0.359 e. The second-order valence-corrected chi connectivity index (χ2v) is 5.24. The first-order valence-electron chi connectivity index (χ1n) is 7.52. The van der Waals surface area contributed by atoms with Crippen molar-refractivity contribution in [3.8, 4) is 5.75 Å². The van der Waals surface area contributed by atoms with Crippen LogP contribution in [0, 0.1) is 6.92 Å². The molecule has 0 spiro atoms. The molecule has 0 radical (unpaired) electrons. The second-order valence-electron chi connectivity index (χ2n) is 5.24. The summed E-state index contributed by atoms with van der Waals surface area (Å²) in [7, 11) is 1.66. The van der Waals surface area contributed by atoms with Crippen molar-refractivity contribution in [3.63, 3.8) is 0 Å². The largest absolute Gasteiger partial charge is 0.426 e. The summed E-state index contributed by atoms with van der Waals surface area (Å²) in [5, 5.41) is 3.58. The average molecular weight is 303 g/mol. The summed E-state index contributed by atoms with van der Waals surface area (Å²) in [5.41, 5.74) is 1.06. The van der Waals surface area contributed by atoms with E-state index >= 15 is 0 Å². The molecule has 0 fully saturated rings. The molecule has 0 aliphatic rings. The Balaban J connectivity index is 2.27. The first-order valence-corrected chi connectivity index (χ1v) is 7.52. The van der Waals surface area contributed by atoms with Crippen LogP contribution in [0.5, 0.6) is 5.75 Å². The molecule has 118 valence electrons. The summed E-state index contributed by atoms with van der Waals surface area (Å²) in [4.78, 5) is 23.6. The number of esters is 1. The smallest absolute Gasteiger partial charge is 0.359 e. The minimum atomic E-state index is -0.440. The number of carbonyl (C=O) groups excluding carboxylic acids is 1. The predicted molar refractivity (Wildman–Crippen MR) is 86.5 cm³/mol. The first kappa shape index (κ1) is 16.1. The zero-order valence-corrected chi connectivity index (χ0v) is 13.2. The molecule has 2 aromatic rings. The van der Waals surface area contributed by atoms with Crippen LogP contribution < -0.4 is 15.7 Å². The van der Waals surface area contributed by atoms with E-state index in [1.165, 1.54) is 0 Å². The van der Waals surface area contributed by atoms with E-state index in [2.05, 4.69) is 12.2 Å². The Morgan fingerprint density at radius 2 is 2.09 bits per heavy atom. The van der Waals surface area contributed by atoms with E-state index in [1.807, 2.05) is 0 Å². The van der Waals surface area contributed by atoms with Crippen molar-refractivity contribution in [1.29, 1.82) is 0 Å². The summed E-state index contributed by atoms with van der Waals surface area (Å²) in [6, 6.07) is 5.23. The van der Waals surface area contributed by atoms with Gasteiger partial charge in [0.05, 0.1) is 0 Å². The molecular formula is C17H21NO4. The van der Waals surface area contributed by atoms with Crippen molar-refractivity contribution < 1.29 is 13.9 Å². The fraction of sp³-hybridized carbons (Fsp3) is 0.412. The van der Waals surface area contributed by atoms with E-state index in [0.717, 1.165) is 24.6 Å². The highest BCUT2D eigenvalue weighted by atomic mass is 16.5. The van der Waals surface area contributed by atoms with Crippen LogP contribution in [0.1, 0.15) is 38.2 Å². The van der Waals surface area contributed by atoms with Gasteiger partial charge in [0.25, 0.3) is 0 Å². The summed E-state index contributed by atoms with van der Waals surface area (Å²) >= 11 is 0. The Bertz CT molecular complexity index is 733. The number of aryl methyl sites for hydroxylation is 1. The lowest BCUT2D eigenvalue weighted by atomic mass is 10.1. The van der Waals surface area contributed by atoms with Gasteiger partial charge < -0.3 is 14.5 Å². The molecule has 1 N–H and O–H groups in total. The molecule has 0 aliphatic heterocycles. The van der Waals surface area contributed by atoms with Gasteiger partial charge in [-0.2, -0.15) is 0 Å². The van der Waals surface area contributed by atoms with E-state index in [-0.39, 0.29) is 5.97 Å². The molecule has 2 rings (SSSR count). The fourth-order valence-corrected chi connectivity index (χ4v) is 2.28. The van der Waals surface area contributed by atoms with Crippen molar-refractivity contribution in [1.82, 2.24) is 0 Å². The van der Waals surface area contributed by atoms with Gasteiger partial charge in [-0.3, -0.25) is 4.79 Å². The zero-order valence-electron chi connectivity index (χ0n) is 13.2. The van der Waals surface area contributed by atoms with Crippen LogP contribution in [0.25, 0.3) is 11.0 Å². The minimum Gasteiger partial charge on any atom is -0.426 e. The van der Waals surface area contributed by atoms with E-state index in [4.69, 9.17) is 9.15 Å². The third-order valence-electron chi connectivity index (χ3n) is 3.58. The zero-order chi connectivity index (χ0) is 16.1. The summed E-state index contributed by atoms with van der Waals surface area (Å²) in [5.74, 6) is 0.180. The first-order chi connectivity index (χ1) is 10.6. The quantitative estimate of drug-likeness (QED) is 0.382. The summed E-state index contributed by atoms with van der Waals surface area (Å²) in [6.45, 7) is 3.86. The normalized spacial score (nSPS) is 10.7. The van der Waals surface area contributed by atoms with Crippen LogP contribution in [0.15, 0.2) is 27.4 Å². The molecule has 1 aromatic heterocycles. The molecule has 1 aromatic carbocycles. The Morgan fingerprint density at radius 3 is 2.77 bits per heavy atom. The van der Waals surface area contributed by atoms with Gasteiger partial charge in [-0.25, -0.2) is 4.79 Å². The second kappa shape index (κ2) is 7.11. The predicted octanol–water partition coefficient (Wildman–Crippen LogP) is 3.63. The van der Waals surface area contributed by atoms with Gasteiger partial charge in [-0.05, 0) is 31.5 Å². The van der Waals surface area contributed by atoms with Gasteiger partial charge in [0.1, 0.15) is 17.0 Å². The van der Waals surface area contributed by atoms with Crippen molar-refractivity contribution >= 4 is 22.6 Å². The maximum absolute atomic E-state index is 11.8. The Morgan fingerprint density at radius 1 is 1.32 bits per heavy atom. The Hall–Kier alpha value is -2.30. The van der Waals surface area contributed by atoms with Crippen molar-refractivity contribution in [2.24, 2.45) is 0 Å². The van der Waals surface area contributed by atoms with Crippen LogP contribution in [0.2, 0.25) is 0 Å². The topological polar surface area (TPSA) is 68.5 Å². The lowest BCUT2D eigenvalue weighted by molar-refractivity contribution is -0.134. The van der Waals surface area contributed by atoms with Crippen LogP contribution in [0.4, 0.5) is 5.69 Å². The van der Waals surface area contributed by atoms with Gasteiger partial charge in [-0.15, -0.1) is 0 Å². The number of hydrogen-bond donors (Lipinski definition) is 1. The number of carbonyl (C=O) groups is 1. The van der Waals surface area contributed by atoms with Crippen molar-refractivity contribution in [2.75, 3.05) is 12.4 Å². The number of fused-ring (bicyclic) bond motifs is 1. The van der Waals surface area contributed by atoms with Crippen LogP contribution in [-0.4, -0.2) is 13.0 Å². The molecule has 0 bridgehead atoms. The Labute approximate surface area is 129 Å². The molecule has 0 aliphatic carbocycles. The van der Waals surface area contributed by atoms with Crippen LogP contribution in [-0.2, 0) is 4.79 Å². The number of benzene rings is 1.